The third-order valence-corrected chi connectivity index (χ3v) is 5.77. The van der Waals surface area contributed by atoms with E-state index in [-0.39, 0.29) is 5.56 Å². The van der Waals surface area contributed by atoms with Crippen molar-refractivity contribution in [1.29, 1.82) is 0 Å². The van der Waals surface area contributed by atoms with Gasteiger partial charge in [-0.2, -0.15) is 0 Å². The summed E-state index contributed by atoms with van der Waals surface area (Å²) in [5.41, 5.74) is 3.93. The average Bonchev–Trinajstić information content (AvgIpc) is 2.70. The molecule has 0 fully saturated rings. The Bertz CT molecular complexity index is 865. The second-order valence-electron chi connectivity index (χ2n) is 4.64. The highest BCUT2D eigenvalue weighted by Gasteiger charge is 2.18. The summed E-state index contributed by atoms with van der Waals surface area (Å²) in [6.07, 6.45) is 3.80. The predicted octanol–water partition coefficient (Wildman–Crippen LogP) is 3.51. The van der Waals surface area contributed by atoms with Gasteiger partial charge in [-0.1, -0.05) is 18.2 Å². The van der Waals surface area contributed by atoms with Crippen LogP contribution in [0, 0.1) is 0 Å². The van der Waals surface area contributed by atoms with Gasteiger partial charge in [-0.05, 0) is 45.5 Å². The van der Waals surface area contributed by atoms with E-state index in [1.54, 1.807) is 11.3 Å². The summed E-state index contributed by atoms with van der Waals surface area (Å²) in [6, 6.07) is 6.53. The van der Waals surface area contributed by atoms with Crippen LogP contribution >= 0.6 is 27.3 Å². The number of aromatic nitrogens is 2. The average molecular weight is 333 g/mol. The first-order valence-electron chi connectivity index (χ1n) is 6.02. The van der Waals surface area contributed by atoms with Crippen molar-refractivity contribution in [3.8, 4) is 10.4 Å². The Labute approximate surface area is 121 Å². The van der Waals surface area contributed by atoms with Gasteiger partial charge in [-0.15, -0.1) is 11.3 Å². The molecule has 2 aromatic heterocycles. The van der Waals surface area contributed by atoms with Crippen LogP contribution in [0.4, 0.5) is 0 Å². The topological polar surface area (TPSA) is 45.8 Å². The van der Waals surface area contributed by atoms with Gasteiger partial charge in [0.25, 0.3) is 5.56 Å². The first kappa shape index (κ1) is 11.4. The smallest absolute Gasteiger partial charge is 0.260 e. The first-order valence-corrected chi connectivity index (χ1v) is 7.63. The van der Waals surface area contributed by atoms with Crippen molar-refractivity contribution in [3.63, 3.8) is 0 Å². The normalized spacial score (nSPS) is 13.3. The van der Waals surface area contributed by atoms with Crippen molar-refractivity contribution in [2.75, 3.05) is 0 Å². The molecule has 5 heteroatoms. The van der Waals surface area contributed by atoms with Crippen molar-refractivity contribution in [2.45, 2.75) is 12.8 Å². The number of hydrogen-bond donors (Lipinski definition) is 1. The second kappa shape index (κ2) is 4.02. The van der Waals surface area contributed by atoms with E-state index < -0.39 is 0 Å². The van der Waals surface area contributed by atoms with Gasteiger partial charge in [-0.3, -0.25) is 4.79 Å². The van der Waals surface area contributed by atoms with Crippen LogP contribution in [0.3, 0.4) is 0 Å². The van der Waals surface area contributed by atoms with Crippen molar-refractivity contribution in [1.82, 2.24) is 9.97 Å². The molecule has 2 heterocycles. The van der Waals surface area contributed by atoms with E-state index in [9.17, 15) is 4.79 Å². The Morgan fingerprint density at radius 2 is 2.11 bits per heavy atom. The summed E-state index contributed by atoms with van der Waals surface area (Å²) in [5.74, 6) is 0. The molecule has 0 amide bonds. The van der Waals surface area contributed by atoms with Crippen LogP contribution in [0.2, 0.25) is 0 Å². The minimum Gasteiger partial charge on any atom is -0.313 e. The van der Waals surface area contributed by atoms with E-state index in [0.717, 1.165) is 26.2 Å². The molecule has 1 aromatic carbocycles. The molecule has 3 aromatic rings. The fourth-order valence-corrected chi connectivity index (χ4v) is 4.43. The van der Waals surface area contributed by atoms with Crippen LogP contribution in [-0.2, 0) is 12.8 Å². The fourth-order valence-electron chi connectivity index (χ4n) is 2.43. The highest BCUT2D eigenvalue weighted by atomic mass is 79.9. The maximum atomic E-state index is 11.9. The highest BCUT2D eigenvalue weighted by molar-refractivity contribution is 9.10. The number of nitrogens with zero attached hydrogens (tertiary/aromatic N) is 1. The number of thiophene rings is 1. The number of rotatable bonds is 1. The summed E-state index contributed by atoms with van der Waals surface area (Å²) in [7, 11) is 0. The van der Waals surface area contributed by atoms with Crippen LogP contribution in [0.5, 0.6) is 0 Å². The van der Waals surface area contributed by atoms with Crippen LogP contribution in [0.1, 0.15) is 11.1 Å². The van der Waals surface area contributed by atoms with Crippen molar-refractivity contribution >= 4 is 37.5 Å². The third-order valence-electron chi connectivity index (χ3n) is 3.57. The number of halogens is 1. The number of nitrogens with one attached hydrogen (secondary N) is 1. The van der Waals surface area contributed by atoms with Crippen molar-refractivity contribution in [3.05, 3.63) is 50.5 Å². The molecule has 1 aliphatic carbocycles. The minimum atomic E-state index is -0.0942. The lowest BCUT2D eigenvalue weighted by Crippen LogP contribution is -2.07. The molecule has 4 rings (SSSR count). The summed E-state index contributed by atoms with van der Waals surface area (Å²) >= 11 is 5.10. The Hall–Kier alpha value is -1.46. The van der Waals surface area contributed by atoms with Crippen molar-refractivity contribution in [2.24, 2.45) is 0 Å². The zero-order valence-corrected chi connectivity index (χ0v) is 12.3. The molecule has 0 aliphatic heterocycles. The van der Waals surface area contributed by atoms with Gasteiger partial charge in [0.05, 0.1) is 21.1 Å². The van der Waals surface area contributed by atoms with E-state index in [1.807, 2.05) is 0 Å². The molecule has 0 radical (unpaired) electrons. The number of aryl methyl sites for hydroxylation is 2. The number of H-pyrrole nitrogens is 1. The van der Waals surface area contributed by atoms with E-state index >= 15 is 0 Å². The summed E-state index contributed by atoms with van der Waals surface area (Å²) in [6.45, 7) is 0. The molecule has 0 atom stereocenters. The van der Waals surface area contributed by atoms with Gasteiger partial charge in [0.15, 0.2) is 0 Å². The zero-order valence-electron chi connectivity index (χ0n) is 9.87. The van der Waals surface area contributed by atoms with Crippen molar-refractivity contribution < 1.29 is 0 Å². The summed E-state index contributed by atoms with van der Waals surface area (Å²) in [4.78, 5) is 20.6. The van der Waals surface area contributed by atoms with E-state index in [0.29, 0.717) is 5.39 Å². The molecular formula is C14H9BrN2OS. The van der Waals surface area contributed by atoms with Gasteiger partial charge >= 0.3 is 0 Å². The Morgan fingerprint density at radius 1 is 1.26 bits per heavy atom. The largest absolute Gasteiger partial charge is 0.313 e. The standard InChI is InChI=1S/C14H9BrN2OS/c15-11-10-13(18)16-6-17-14(10)19-12(11)9-4-2-7-1-3-8(7)5-9/h2,4-6H,1,3H2,(H,16,17,18). The van der Waals surface area contributed by atoms with E-state index in [4.69, 9.17) is 0 Å². The lowest BCUT2D eigenvalue weighted by molar-refractivity contribution is 0.840. The second-order valence-corrected chi connectivity index (χ2v) is 6.43. The Morgan fingerprint density at radius 3 is 2.79 bits per heavy atom. The Kier molecular flexibility index (Phi) is 2.40. The molecule has 1 N–H and O–H groups in total. The van der Waals surface area contributed by atoms with E-state index in [2.05, 4.69) is 44.1 Å². The lowest BCUT2D eigenvalue weighted by Gasteiger charge is -2.19. The number of aromatic amines is 1. The lowest BCUT2D eigenvalue weighted by atomic mass is 9.87. The summed E-state index contributed by atoms with van der Waals surface area (Å²) in [5, 5.41) is 0.644. The SMILES string of the molecule is O=c1[nH]cnc2sc(-c3ccc4c(c3)CC4)c(Br)c12. The molecule has 0 bridgehead atoms. The fraction of sp³-hybridized carbons (Fsp3) is 0.143. The molecule has 0 spiro atoms. The zero-order chi connectivity index (χ0) is 13.0. The number of benzene rings is 1. The van der Waals surface area contributed by atoms with Gasteiger partial charge in [-0.25, -0.2) is 4.98 Å². The van der Waals surface area contributed by atoms with Crippen LogP contribution in [-0.4, -0.2) is 9.97 Å². The minimum absolute atomic E-state index is 0.0942. The molecule has 0 saturated carbocycles. The molecule has 3 nitrogen and oxygen atoms in total. The maximum absolute atomic E-state index is 11.9. The number of hydrogen-bond acceptors (Lipinski definition) is 3. The molecular weight excluding hydrogens is 324 g/mol. The van der Waals surface area contributed by atoms with Gasteiger partial charge < -0.3 is 4.98 Å². The van der Waals surface area contributed by atoms with Crippen LogP contribution in [0.25, 0.3) is 20.7 Å². The molecule has 94 valence electrons. The summed E-state index contributed by atoms with van der Waals surface area (Å²) < 4.78 is 0.848. The first-order chi connectivity index (χ1) is 9.24. The van der Waals surface area contributed by atoms with Crippen LogP contribution < -0.4 is 5.56 Å². The molecule has 0 saturated heterocycles. The monoisotopic (exact) mass is 332 g/mol. The third kappa shape index (κ3) is 1.61. The van der Waals surface area contributed by atoms with Gasteiger partial charge in [0.2, 0.25) is 0 Å². The Balaban J connectivity index is 2.00. The number of fused-ring (bicyclic) bond motifs is 2. The van der Waals surface area contributed by atoms with Crippen LogP contribution in [0.15, 0.2) is 33.8 Å². The van der Waals surface area contributed by atoms with E-state index in [1.165, 1.54) is 23.9 Å². The molecule has 0 unspecified atom stereocenters. The quantitative estimate of drug-likeness (QED) is 0.741. The highest BCUT2D eigenvalue weighted by Crippen LogP contribution is 2.41. The molecule has 19 heavy (non-hydrogen) atoms. The molecule has 1 aliphatic rings. The maximum Gasteiger partial charge on any atom is 0.260 e. The van der Waals surface area contributed by atoms with Gasteiger partial charge in [0.1, 0.15) is 4.83 Å². The predicted molar refractivity (Wildman–Crippen MR) is 80.8 cm³/mol. The van der Waals surface area contributed by atoms with Gasteiger partial charge in [0, 0.05) is 0 Å².